The SMILES string of the molecule is CCC(=O)N(CCNC(C)(C)C)CC(=O)NCCN(CC(=O)N[C@@H](CCCCN=C(N)N)CN(CC(=O)C(C)(C)C)C(=O)CC)C(=O)CC. The Balaban J connectivity index is 5.56. The molecule has 15 nitrogen and oxygen atoms in total. The Morgan fingerprint density at radius 1 is 0.694 bits per heavy atom. The molecule has 15 heteroatoms. The molecule has 1 atom stereocenters. The zero-order valence-corrected chi connectivity index (χ0v) is 31.6. The van der Waals surface area contributed by atoms with Gasteiger partial charge in [-0.05, 0) is 40.0 Å². The van der Waals surface area contributed by atoms with Gasteiger partial charge in [0.05, 0.1) is 19.6 Å². The Labute approximate surface area is 293 Å². The van der Waals surface area contributed by atoms with Gasteiger partial charge in [0.1, 0.15) is 0 Å². The number of nitrogens with zero attached hydrogens (tertiary/aromatic N) is 4. The molecule has 0 unspecified atom stereocenters. The number of hydrogen-bond acceptors (Lipinski definition) is 8. The monoisotopic (exact) mass is 696 g/mol. The fourth-order valence-electron chi connectivity index (χ4n) is 4.68. The Morgan fingerprint density at radius 2 is 1.20 bits per heavy atom. The molecule has 0 fully saturated rings. The molecule has 0 bridgehead atoms. The fourth-order valence-corrected chi connectivity index (χ4v) is 4.68. The number of Topliss-reactive ketones (excluding diaryl/α,β-unsaturated/α-hetero) is 1. The van der Waals surface area contributed by atoms with Gasteiger partial charge >= 0.3 is 0 Å². The van der Waals surface area contributed by atoms with Crippen molar-refractivity contribution in [2.45, 2.75) is 112 Å². The van der Waals surface area contributed by atoms with Crippen LogP contribution in [0.15, 0.2) is 4.99 Å². The van der Waals surface area contributed by atoms with Crippen LogP contribution < -0.4 is 27.4 Å². The number of ketones is 1. The molecule has 0 rings (SSSR count). The largest absolute Gasteiger partial charge is 0.370 e. The minimum absolute atomic E-state index is 0.0118. The molecule has 5 amide bonds. The Hall–Kier alpha value is -3.75. The lowest BCUT2D eigenvalue weighted by Gasteiger charge is -2.31. The van der Waals surface area contributed by atoms with Crippen LogP contribution in [-0.2, 0) is 28.8 Å². The van der Waals surface area contributed by atoms with E-state index in [1.807, 2.05) is 20.8 Å². The third-order valence-corrected chi connectivity index (χ3v) is 7.61. The van der Waals surface area contributed by atoms with Crippen LogP contribution in [0, 0.1) is 5.41 Å². The number of guanidine groups is 1. The number of carbonyl (C=O) groups is 6. The highest BCUT2D eigenvalue weighted by atomic mass is 16.2. The van der Waals surface area contributed by atoms with Gasteiger partial charge in [0.15, 0.2) is 11.7 Å². The van der Waals surface area contributed by atoms with Crippen LogP contribution in [0.4, 0.5) is 0 Å². The Morgan fingerprint density at radius 3 is 1.69 bits per heavy atom. The van der Waals surface area contributed by atoms with E-state index in [0.29, 0.717) is 38.9 Å². The van der Waals surface area contributed by atoms with Gasteiger partial charge in [-0.1, -0.05) is 41.5 Å². The lowest BCUT2D eigenvalue weighted by Crippen LogP contribution is -2.51. The van der Waals surface area contributed by atoms with Crippen LogP contribution in [0.5, 0.6) is 0 Å². The van der Waals surface area contributed by atoms with E-state index in [-0.39, 0.29) is 99.4 Å². The molecular weight excluding hydrogens is 630 g/mol. The standard InChI is InChI=1S/C34H65N9O6/c1-10-29(47)41(19-17-37-27(45)23-42(30(48)11-2)20-18-39-34(7,8)9)24-28(46)40-25(15-13-14-16-38-32(35)36)21-43(31(49)12-3)22-26(44)33(4,5)6/h25,39H,10-24H2,1-9H3,(H,37,45)(H,40,46)(H4,35,36,38)/t25-/m0/s1. The first-order chi connectivity index (χ1) is 22.7. The molecule has 0 saturated heterocycles. The summed E-state index contributed by atoms with van der Waals surface area (Å²) in [6.07, 6.45) is 2.39. The summed E-state index contributed by atoms with van der Waals surface area (Å²) in [5, 5.41) is 9.03. The van der Waals surface area contributed by atoms with Crippen LogP contribution in [0.2, 0.25) is 0 Å². The van der Waals surface area contributed by atoms with Crippen molar-refractivity contribution >= 4 is 41.3 Å². The van der Waals surface area contributed by atoms with Crippen LogP contribution in [0.25, 0.3) is 0 Å². The predicted molar refractivity (Wildman–Crippen MR) is 192 cm³/mol. The van der Waals surface area contributed by atoms with Gasteiger partial charge in [-0.25, -0.2) is 0 Å². The minimum Gasteiger partial charge on any atom is -0.370 e. The maximum absolute atomic E-state index is 13.3. The van der Waals surface area contributed by atoms with Crippen molar-refractivity contribution in [3.8, 4) is 0 Å². The first kappa shape index (κ1) is 45.2. The molecule has 0 spiro atoms. The normalized spacial score (nSPS) is 12.0. The number of amides is 5. The van der Waals surface area contributed by atoms with Gasteiger partial charge in [-0.15, -0.1) is 0 Å². The van der Waals surface area contributed by atoms with Gasteiger partial charge in [-0.2, -0.15) is 0 Å². The third kappa shape index (κ3) is 21.1. The van der Waals surface area contributed by atoms with Crippen molar-refractivity contribution in [3.63, 3.8) is 0 Å². The fraction of sp³-hybridized carbons (Fsp3) is 0.794. The lowest BCUT2D eigenvalue weighted by atomic mass is 9.90. The predicted octanol–water partition coefficient (Wildman–Crippen LogP) is 0.750. The van der Waals surface area contributed by atoms with E-state index in [0.717, 1.165) is 0 Å². The van der Waals surface area contributed by atoms with Gasteiger partial charge in [0.25, 0.3) is 0 Å². The molecule has 0 aromatic rings. The molecule has 0 aromatic carbocycles. The Kier molecular flexibility index (Phi) is 21.1. The van der Waals surface area contributed by atoms with Crippen molar-refractivity contribution in [1.29, 1.82) is 0 Å². The van der Waals surface area contributed by atoms with Crippen LogP contribution >= 0.6 is 0 Å². The molecule has 282 valence electrons. The first-order valence-electron chi connectivity index (χ1n) is 17.5. The maximum Gasteiger partial charge on any atom is 0.239 e. The van der Waals surface area contributed by atoms with Crippen molar-refractivity contribution in [3.05, 3.63) is 0 Å². The van der Waals surface area contributed by atoms with Gasteiger partial charge in [0, 0.05) is 75.5 Å². The highest BCUT2D eigenvalue weighted by molar-refractivity contribution is 5.89. The summed E-state index contributed by atoms with van der Waals surface area (Å²) in [7, 11) is 0. The van der Waals surface area contributed by atoms with E-state index in [4.69, 9.17) is 11.5 Å². The summed E-state index contributed by atoms with van der Waals surface area (Å²) >= 11 is 0. The number of rotatable bonds is 23. The summed E-state index contributed by atoms with van der Waals surface area (Å²) in [6, 6.07) is -0.497. The second kappa shape index (κ2) is 22.8. The molecule has 0 aliphatic carbocycles. The molecule has 7 N–H and O–H groups in total. The molecular formula is C34H65N9O6. The highest BCUT2D eigenvalue weighted by Gasteiger charge is 2.28. The molecule has 0 aromatic heterocycles. The van der Waals surface area contributed by atoms with Gasteiger partial charge in [0.2, 0.25) is 29.5 Å². The average molecular weight is 696 g/mol. The zero-order chi connectivity index (χ0) is 37.8. The van der Waals surface area contributed by atoms with Gasteiger partial charge in [-0.3, -0.25) is 33.8 Å². The molecule has 0 radical (unpaired) electrons. The summed E-state index contributed by atoms with van der Waals surface area (Å²) in [6.45, 7) is 17.7. The van der Waals surface area contributed by atoms with Crippen LogP contribution in [-0.4, -0.2) is 126 Å². The average Bonchev–Trinajstić information content (AvgIpc) is 3.00. The lowest BCUT2D eigenvalue weighted by molar-refractivity contribution is -0.139. The highest BCUT2D eigenvalue weighted by Crippen LogP contribution is 2.16. The topological polar surface area (TPSA) is 213 Å². The zero-order valence-electron chi connectivity index (χ0n) is 31.6. The maximum atomic E-state index is 13.3. The molecule has 0 aliphatic heterocycles. The number of unbranched alkanes of at least 4 members (excludes halogenated alkanes) is 1. The van der Waals surface area contributed by atoms with Crippen LogP contribution in [0.3, 0.4) is 0 Å². The summed E-state index contributed by atoms with van der Waals surface area (Å²) in [4.78, 5) is 85.3. The number of nitrogens with one attached hydrogen (secondary N) is 3. The summed E-state index contributed by atoms with van der Waals surface area (Å²) < 4.78 is 0. The second-order valence-electron chi connectivity index (χ2n) is 14.2. The van der Waals surface area contributed by atoms with E-state index in [1.54, 1.807) is 41.5 Å². The van der Waals surface area contributed by atoms with E-state index in [2.05, 4.69) is 20.9 Å². The molecule has 0 heterocycles. The van der Waals surface area contributed by atoms with Crippen molar-refractivity contribution in [2.24, 2.45) is 21.9 Å². The number of aliphatic imine (C=N–C) groups is 1. The molecule has 0 saturated carbocycles. The van der Waals surface area contributed by atoms with E-state index >= 15 is 0 Å². The summed E-state index contributed by atoms with van der Waals surface area (Å²) in [5.41, 5.74) is 10.1. The van der Waals surface area contributed by atoms with E-state index in [1.165, 1.54) is 14.7 Å². The van der Waals surface area contributed by atoms with Crippen LogP contribution in [0.1, 0.15) is 101 Å². The van der Waals surface area contributed by atoms with E-state index in [9.17, 15) is 28.8 Å². The minimum atomic E-state index is -0.644. The number of hydrogen-bond donors (Lipinski definition) is 5. The quantitative estimate of drug-likeness (QED) is 0.0579. The smallest absolute Gasteiger partial charge is 0.239 e. The molecule has 0 aliphatic rings. The summed E-state index contributed by atoms with van der Waals surface area (Å²) in [5.74, 6) is -1.52. The molecule has 49 heavy (non-hydrogen) atoms. The van der Waals surface area contributed by atoms with Gasteiger partial charge < -0.3 is 42.1 Å². The first-order valence-corrected chi connectivity index (χ1v) is 17.5. The van der Waals surface area contributed by atoms with Crippen molar-refractivity contribution in [1.82, 2.24) is 30.7 Å². The van der Waals surface area contributed by atoms with Crippen molar-refractivity contribution < 1.29 is 28.8 Å². The number of carbonyl (C=O) groups excluding carboxylic acids is 6. The number of nitrogens with two attached hydrogens (primary N) is 2. The van der Waals surface area contributed by atoms with E-state index < -0.39 is 17.4 Å². The second-order valence-corrected chi connectivity index (χ2v) is 14.2. The third-order valence-electron chi connectivity index (χ3n) is 7.61. The Bertz CT molecular complexity index is 1110. The van der Waals surface area contributed by atoms with Crippen molar-refractivity contribution in [2.75, 3.05) is 58.9 Å².